The van der Waals surface area contributed by atoms with Crippen molar-refractivity contribution in [3.8, 4) is 11.3 Å². The van der Waals surface area contributed by atoms with E-state index < -0.39 is 0 Å². The summed E-state index contributed by atoms with van der Waals surface area (Å²) in [6.45, 7) is 4.85. The number of anilines is 1. The number of nitrogens with one attached hydrogen (secondary N) is 1. The number of pyridine rings is 1. The predicted molar refractivity (Wildman–Crippen MR) is 139 cm³/mol. The summed E-state index contributed by atoms with van der Waals surface area (Å²) in [6, 6.07) is 18.0. The number of nitrogens with zero attached hydrogens (tertiary/aromatic N) is 5. The minimum absolute atomic E-state index is 0.0825. The second kappa shape index (κ2) is 10.5. The molecule has 2 aromatic heterocycles. The highest BCUT2D eigenvalue weighted by Gasteiger charge is 2.24. The molecule has 2 aromatic carbocycles. The van der Waals surface area contributed by atoms with Gasteiger partial charge < -0.3 is 15.1 Å². The molecule has 0 radical (unpaired) electrons. The van der Waals surface area contributed by atoms with Gasteiger partial charge in [0.25, 0.3) is 0 Å². The second-order valence-corrected chi connectivity index (χ2v) is 9.05. The number of aromatic nitrogens is 3. The van der Waals surface area contributed by atoms with Crippen LogP contribution < -0.4 is 10.2 Å². The number of hydrogen-bond donors (Lipinski definition) is 1. The molecule has 1 aliphatic rings. The molecule has 0 bridgehead atoms. The first-order valence-electron chi connectivity index (χ1n) is 11.8. The number of piperazine rings is 1. The fourth-order valence-electron chi connectivity index (χ4n) is 4.22. The maximum atomic E-state index is 13.4. The highest BCUT2D eigenvalue weighted by Crippen LogP contribution is 2.27. The van der Waals surface area contributed by atoms with E-state index in [0.29, 0.717) is 61.1 Å². The van der Waals surface area contributed by atoms with Crippen LogP contribution in [0.4, 0.5) is 15.0 Å². The molecule has 0 atom stereocenters. The number of fused-ring (bicyclic) bond motifs is 1. The van der Waals surface area contributed by atoms with Crippen LogP contribution in [0.1, 0.15) is 17.0 Å². The number of halogens is 2. The van der Waals surface area contributed by atoms with Gasteiger partial charge in [-0.25, -0.2) is 24.1 Å². The minimum Gasteiger partial charge on any atom is -0.351 e. The number of urea groups is 1. The highest BCUT2D eigenvalue weighted by atomic mass is 35.5. The number of aryl methyl sites for hydroxylation is 1. The van der Waals surface area contributed by atoms with Gasteiger partial charge in [-0.15, -0.1) is 11.6 Å². The van der Waals surface area contributed by atoms with E-state index in [1.807, 2.05) is 48.2 Å². The molecule has 5 rings (SSSR count). The van der Waals surface area contributed by atoms with Crippen LogP contribution in [-0.2, 0) is 12.4 Å². The maximum absolute atomic E-state index is 13.4. The van der Waals surface area contributed by atoms with Crippen molar-refractivity contribution < 1.29 is 9.18 Å². The quantitative estimate of drug-likeness (QED) is 0.391. The first kappa shape index (κ1) is 23.9. The van der Waals surface area contributed by atoms with Crippen molar-refractivity contribution >= 4 is 34.5 Å². The fraction of sp³-hybridized carbons (Fsp3) is 0.259. The zero-order valence-electron chi connectivity index (χ0n) is 19.9. The number of rotatable bonds is 5. The van der Waals surface area contributed by atoms with Gasteiger partial charge in [0.05, 0.1) is 17.1 Å². The molecule has 0 spiro atoms. The maximum Gasteiger partial charge on any atom is 0.317 e. The normalized spacial score (nSPS) is 13.8. The standard InChI is InChI=1S/C27H26ClFN6O/c1-18-2-4-19(5-3-18)17-30-27(36)35-14-12-34(13-15-35)26-25-23(31-24(16-28)33-26)11-10-22(32-25)20-6-8-21(29)9-7-20/h2-11H,12-17H2,1H3,(H,30,36). The first-order chi connectivity index (χ1) is 17.5. The summed E-state index contributed by atoms with van der Waals surface area (Å²) in [5.41, 5.74) is 5.12. The van der Waals surface area contributed by atoms with Crippen LogP contribution in [0.3, 0.4) is 0 Å². The lowest BCUT2D eigenvalue weighted by Crippen LogP contribution is -2.52. The molecule has 7 nitrogen and oxygen atoms in total. The van der Waals surface area contributed by atoms with Crippen molar-refractivity contribution in [3.63, 3.8) is 0 Å². The van der Waals surface area contributed by atoms with Gasteiger partial charge in [0.15, 0.2) is 5.82 Å². The van der Waals surface area contributed by atoms with Gasteiger partial charge in [-0.1, -0.05) is 29.8 Å². The first-order valence-corrected chi connectivity index (χ1v) is 12.4. The molecule has 3 heterocycles. The Morgan fingerprint density at radius 2 is 1.67 bits per heavy atom. The molecular formula is C27H26ClFN6O. The lowest BCUT2D eigenvalue weighted by atomic mass is 10.1. The summed E-state index contributed by atoms with van der Waals surface area (Å²) in [4.78, 5) is 30.7. The van der Waals surface area contributed by atoms with Crippen LogP contribution in [0.5, 0.6) is 0 Å². The Hall–Kier alpha value is -3.78. The topological polar surface area (TPSA) is 74.2 Å². The number of carbonyl (C=O) groups excluding carboxylic acids is 1. The Bertz CT molecular complexity index is 1370. The third-order valence-electron chi connectivity index (χ3n) is 6.26. The summed E-state index contributed by atoms with van der Waals surface area (Å²) in [5, 5.41) is 3.01. The van der Waals surface area contributed by atoms with Gasteiger partial charge in [-0.3, -0.25) is 0 Å². The monoisotopic (exact) mass is 504 g/mol. The van der Waals surface area contributed by atoms with Gasteiger partial charge in [0, 0.05) is 38.3 Å². The highest BCUT2D eigenvalue weighted by molar-refractivity contribution is 6.16. The van der Waals surface area contributed by atoms with Gasteiger partial charge in [-0.05, 0) is 48.9 Å². The van der Waals surface area contributed by atoms with Crippen molar-refractivity contribution in [2.75, 3.05) is 31.1 Å². The van der Waals surface area contributed by atoms with E-state index in [9.17, 15) is 9.18 Å². The van der Waals surface area contributed by atoms with E-state index in [-0.39, 0.29) is 17.7 Å². The largest absolute Gasteiger partial charge is 0.351 e. The zero-order chi connectivity index (χ0) is 25.1. The van der Waals surface area contributed by atoms with E-state index in [0.717, 1.165) is 11.1 Å². The van der Waals surface area contributed by atoms with Crippen LogP contribution in [0.2, 0.25) is 0 Å². The Balaban J connectivity index is 1.32. The van der Waals surface area contributed by atoms with Crippen molar-refractivity contribution in [3.05, 3.63) is 83.4 Å². The summed E-state index contributed by atoms with van der Waals surface area (Å²) < 4.78 is 13.4. The molecule has 4 aromatic rings. The van der Waals surface area contributed by atoms with Crippen molar-refractivity contribution in [1.82, 2.24) is 25.2 Å². The van der Waals surface area contributed by atoms with Crippen molar-refractivity contribution in [2.45, 2.75) is 19.3 Å². The Morgan fingerprint density at radius 3 is 2.36 bits per heavy atom. The fourth-order valence-corrected chi connectivity index (χ4v) is 4.34. The van der Waals surface area contributed by atoms with Gasteiger partial charge in [-0.2, -0.15) is 0 Å². The summed E-state index contributed by atoms with van der Waals surface area (Å²) >= 11 is 6.08. The molecular weight excluding hydrogens is 479 g/mol. The molecule has 36 heavy (non-hydrogen) atoms. The summed E-state index contributed by atoms with van der Waals surface area (Å²) in [5.74, 6) is 1.11. The molecule has 1 aliphatic heterocycles. The number of hydrogen-bond acceptors (Lipinski definition) is 5. The number of amides is 2. The molecule has 0 unspecified atom stereocenters. The Labute approximate surface area is 213 Å². The van der Waals surface area contributed by atoms with E-state index in [1.165, 1.54) is 17.7 Å². The van der Waals surface area contributed by atoms with Crippen molar-refractivity contribution in [2.24, 2.45) is 0 Å². The van der Waals surface area contributed by atoms with Gasteiger partial charge in [0.1, 0.15) is 17.2 Å². The predicted octanol–water partition coefficient (Wildman–Crippen LogP) is 4.91. The molecule has 2 amide bonds. The molecule has 0 aliphatic carbocycles. The number of benzene rings is 2. The SMILES string of the molecule is Cc1ccc(CNC(=O)N2CCN(c3nc(CCl)nc4ccc(-c5ccc(F)cc5)nc34)CC2)cc1. The van der Waals surface area contributed by atoms with E-state index in [2.05, 4.69) is 20.2 Å². The Morgan fingerprint density at radius 1 is 0.944 bits per heavy atom. The van der Waals surface area contributed by atoms with E-state index >= 15 is 0 Å². The van der Waals surface area contributed by atoms with E-state index in [4.69, 9.17) is 16.6 Å². The van der Waals surface area contributed by atoms with Gasteiger partial charge >= 0.3 is 6.03 Å². The summed E-state index contributed by atoms with van der Waals surface area (Å²) in [7, 11) is 0. The molecule has 1 fully saturated rings. The lowest BCUT2D eigenvalue weighted by Gasteiger charge is -2.35. The zero-order valence-corrected chi connectivity index (χ0v) is 20.7. The lowest BCUT2D eigenvalue weighted by molar-refractivity contribution is 0.194. The summed E-state index contributed by atoms with van der Waals surface area (Å²) in [6.07, 6.45) is 0. The minimum atomic E-state index is -0.295. The molecule has 0 saturated carbocycles. The van der Waals surface area contributed by atoms with Crippen molar-refractivity contribution in [1.29, 1.82) is 0 Å². The third kappa shape index (κ3) is 5.23. The number of carbonyl (C=O) groups is 1. The molecule has 184 valence electrons. The van der Waals surface area contributed by atoms with Crippen LogP contribution >= 0.6 is 11.6 Å². The molecule has 9 heteroatoms. The number of alkyl halides is 1. The Kier molecular flexibility index (Phi) is 6.95. The smallest absolute Gasteiger partial charge is 0.317 e. The average molecular weight is 505 g/mol. The third-order valence-corrected chi connectivity index (χ3v) is 6.50. The molecule has 1 saturated heterocycles. The van der Waals surface area contributed by atoms with E-state index in [1.54, 1.807) is 12.1 Å². The van der Waals surface area contributed by atoms with Crippen LogP contribution in [0.15, 0.2) is 60.7 Å². The average Bonchev–Trinajstić information content (AvgIpc) is 2.92. The van der Waals surface area contributed by atoms with Crippen LogP contribution in [0.25, 0.3) is 22.3 Å². The van der Waals surface area contributed by atoms with Gasteiger partial charge in [0.2, 0.25) is 0 Å². The van der Waals surface area contributed by atoms with Crippen LogP contribution in [-0.4, -0.2) is 52.1 Å². The molecule has 1 N–H and O–H groups in total. The second-order valence-electron chi connectivity index (χ2n) is 8.79. The van der Waals surface area contributed by atoms with Crippen LogP contribution in [0, 0.1) is 12.7 Å².